The Labute approximate surface area is 187 Å². The van der Waals surface area contributed by atoms with E-state index in [-0.39, 0.29) is 0 Å². The van der Waals surface area contributed by atoms with Gasteiger partial charge >= 0.3 is 0 Å². The van der Waals surface area contributed by atoms with Crippen LogP contribution in [-0.4, -0.2) is 14.4 Å². The fraction of sp³-hybridized carbons (Fsp3) is 0.111. The summed E-state index contributed by atoms with van der Waals surface area (Å²) in [5.74, 6) is 0.886. The van der Waals surface area contributed by atoms with Gasteiger partial charge < -0.3 is 5.43 Å². The van der Waals surface area contributed by atoms with Gasteiger partial charge in [0.1, 0.15) is 11.9 Å². The summed E-state index contributed by atoms with van der Waals surface area (Å²) in [7, 11) is 0. The van der Waals surface area contributed by atoms with E-state index < -0.39 is 0 Å². The van der Waals surface area contributed by atoms with Crippen LogP contribution in [0.2, 0.25) is 0 Å². The first kappa shape index (κ1) is 19.8. The number of rotatable bonds is 6. The lowest BCUT2D eigenvalue weighted by Gasteiger charge is -2.26. The van der Waals surface area contributed by atoms with E-state index >= 15 is 0 Å². The molecule has 5 rings (SSSR count). The number of fused-ring (bicyclic) bond motifs is 3. The lowest BCUT2D eigenvalue weighted by atomic mass is 10.1. The first-order chi connectivity index (χ1) is 15.7. The summed E-state index contributed by atoms with van der Waals surface area (Å²) >= 11 is 0. The van der Waals surface area contributed by atoms with Gasteiger partial charge in [-0.3, -0.25) is 4.40 Å². The van der Waals surface area contributed by atoms with Crippen LogP contribution in [0.4, 0.5) is 5.82 Å². The first-order valence-corrected chi connectivity index (χ1v) is 10.6. The van der Waals surface area contributed by atoms with E-state index in [1.165, 1.54) is 11.1 Å². The topological polar surface area (TPSA) is 56.4 Å². The molecule has 0 aliphatic rings. The highest BCUT2D eigenvalue weighted by atomic mass is 15.5. The lowest BCUT2D eigenvalue weighted by Crippen LogP contribution is -2.30. The molecule has 0 atom stereocenters. The third kappa shape index (κ3) is 3.80. The normalized spacial score (nSPS) is 11.2. The molecular weight excluding hydrogens is 394 g/mol. The number of hydrazine groups is 1. The van der Waals surface area contributed by atoms with E-state index in [1.54, 1.807) is 0 Å². The molecule has 0 aliphatic carbocycles. The molecule has 3 aromatic carbocycles. The third-order valence-electron chi connectivity index (χ3n) is 5.59. The summed E-state index contributed by atoms with van der Waals surface area (Å²) in [5, 5.41) is 12.0. The Bertz CT molecular complexity index is 1370. The van der Waals surface area contributed by atoms with Gasteiger partial charge in [0.05, 0.1) is 16.6 Å². The number of para-hydroxylation sites is 2. The minimum atomic E-state index is 0.601. The average molecular weight is 418 g/mol. The van der Waals surface area contributed by atoms with E-state index in [0.717, 1.165) is 35.5 Å². The van der Waals surface area contributed by atoms with Crippen LogP contribution in [0.5, 0.6) is 0 Å². The fourth-order valence-electron chi connectivity index (χ4n) is 4.08. The van der Waals surface area contributed by atoms with Crippen LogP contribution < -0.4 is 5.43 Å². The molecule has 1 N–H and O–H groups in total. The van der Waals surface area contributed by atoms with E-state index in [1.807, 2.05) is 53.8 Å². The van der Waals surface area contributed by atoms with Crippen molar-refractivity contribution in [2.75, 3.05) is 5.43 Å². The molecule has 0 bridgehead atoms. The SMILES string of the molecule is Cc1cc(NN(Cc2ccccc2)Cc2ccccc2)n2c(nc3ccccc32)c1C#N. The molecule has 0 radical (unpaired) electrons. The van der Waals surface area contributed by atoms with Crippen molar-refractivity contribution in [2.24, 2.45) is 0 Å². The fourth-order valence-corrected chi connectivity index (χ4v) is 4.08. The second-order valence-corrected chi connectivity index (χ2v) is 7.90. The zero-order valence-electron chi connectivity index (χ0n) is 17.9. The first-order valence-electron chi connectivity index (χ1n) is 10.6. The maximum atomic E-state index is 9.77. The van der Waals surface area contributed by atoms with Crippen molar-refractivity contribution in [1.82, 2.24) is 14.4 Å². The van der Waals surface area contributed by atoms with Crippen LogP contribution in [-0.2, 0) is 13.1 Å². The standard InChI is InChI=1S/C27H23N5/c1-20-16-26(32-25-15-9-8-14-24(25)29-27(32)23(20)17-28)30-31(18-21-10-4-2-5-11-21)19-22-12-6-3-7-13-22/h2-16,30H,18-19H2,1H3. The minimum Gasteiger partial charge on any atom is -0.304 e. The summed E-state index contributed by atoms with van der Waals surface area (Å²) in [6.45, 7) is 3.41. The van der Waals surface area contributed by atoms with E-state index in [4.69, 9.17) is 4.98 Å². The number of hydrogen-bond acceptors (Lipinski definition) is 4. The number of pyridine rings is 1. The van der Waals surface area contributed by atoms with E-state index in [2.05, 4.69) is 65.0 Å². The molecular formula is C27H23N5. The number of anilines is 1. The zero-order valence-corrected chi connectivity index (χ0v) is 17.9. The number of nitrogens with one attached hydrogen (secondary N) is 1. The van der Waals surface area contributed by atoms with E-state index in [9.17, 15) is 5.26 Å². The number of imidazole rings is 1. The Hall–Kier alpha value is -4.14. The Morgan fingerprint density at radius 1 is 0.875 bits per heavy atom. The van der Waals surface area contributed by atoms with Crippen LogP contribution >= 0.6 is 0 Å². The van der Waals surface area contributed by atoms with Gasteiger partial charge in [0.15, 0.2) is 5.65 Å². The second kappa shape index (κ2) is 8.54. The number of nitrogens with zero attached hydrogens (tertiary/aromatic N) is 4. The molecule has 156 valence electrons. The number of nitriles is 1. The highest BCUT2D eigenvalue weighted by Gasteiger charge is 2.17. The maximum absolute atomic E-state index is 9.77. The molecule has 2 heterocycles. The minimum absolute atomic E-state index is 0.601. The number of hydrogen-bond donors (Lipinski definition) is 1. The Morgan fingerprint density at radius 3 is 2.09 bits per heavy atom. The van der Waals surface area contributed by atoms with Crippen molar-refractivity contribution in [2.45, 2.75) is 20.0 Å². The highest BCUT2D eigenvalue weighted by molar-refractivity contribution is 5.85. The van der Waals surface area contributed by atoms with Crippen molar-refractivity contribution in [1.29, 1.82) is 5.26 Å². The van der Waals surface area contributed by atoms with Gasteiger partial charge in [0.25, 0.3) is 0 Å². The van der Waals surface area contributed by atoms with Crippen molar-refractivity contribution in [3.63, 3.8) is 0 Å². The Balaban J connectivity index is 1.61. The molecule has 0 unspecified atom stereocenters. The van der Waals surface area contributed by atoms with Gasteiger partial charge in [-0.25, -0.2) is 9.99 Å². The molecule has 0 amide bonds. The molecule has 0 aliphatic heterocycles. The predicted octanol–water partition coefficient (Wildman–Crippen LogP) is 5.70. The molecule has 5 heteroatoms. The maximum Gasteiger partial charge on any atom is 0.157 e. The van der Waals surface area contributed by atoms with Crippen molar-refractivity contribution >= 4 is 22.5 Å². The van der Waals surface area contributed by atoms with Crippen LogP contribution in [0.1, 0.15) is 22.3 Å². The Kier molecular flexibility index (Phi) is 5.29. The largest absolute Gasteiger partial charge is 0.304 e. The Morgan fingerprint density at radius 2 is 1.47 bits per heavy atom. The number of aromatic nitrogens is 2. The van der Waals surface area contributed by atoms with Gasteiger partial charge in [0, 0.05) is 13.1 Å². The molecule has 5 nitrogen and oxygen atoms in total. The van der Waals surface area contributed by atoms with Gasteiger partial charge in [0.2, 0.25) is 0 Å². The van der Waals surface area contributed by atoms with Gasteiger partial charge in [-0.15, -0.1) is 0 Å². The lowest BCUT2D eigenvalue weighted by molar-refractivity contribution is 0.312. The summed E-state index contributed by atoms with van der Waals surface area (Å²) in [4.78, 5) is 4.76. The molecule has 0 saturated carbocycles. The second-order valence-electron chi connectivity index (χ2n) is 7.90. The van der Waals surface area contributed by atoms with Gasteiger partial charge in [-0.05, 0) is 41.8 Å². The van der Waals surface area contributed by atoms with Crippen molar-refractivity contribution in [3.05, 3.63) is 113 Å². The summed E-state index contributed by atoms with van der Waals surface area (Å²) in [6, 6.07) is 33.2. The smallest absolute Gasteiger partial charge is 0.157 e. The van der Waals surface area contributed by atoms with Gasteiger partial charge in [-0.2, -0.15) is 5.26 Å². The number of benzene rings is 3. The molecule has 0 saturated heterocycles. The van der Waals surface area contributed by atoms with Gasteiger partial charge in [-0.1, -0.05) is 72.8 Å². The van der Waals surface area contributed by atoms with Crippen LogP contribution in [0.3, 0.4) is 0 Å². The average Bonchev–Trinajstić information content (AvgIpc) is 3.20. The molecule has 0 fully saturated rings. The summed E-state index contributed by atoms with van der Waals surface area (Å²) < 4.78 is 2.05. The summed E-state index contributed by atoms with van der Waals surface area (Å²) in [5.41, 5.74) is 10.1. The molecule has 5 aromatic rings. The van der Waals surface area contributed by atoms with Crippen LogP contribution in [0.25, 0.3) is 16.7 Å². The van der Waals surface area contributed by atoms with Crippen LogP contribution in [0, 0.1) is 18.3 Å². The van der Waals surface area contributed by atoms with Crippen molar-refractivity contribution in [3.8, 4) is 6.07 Å². The quantitative estimate of drug-likeness (QED) is 0.360. The molecule has 32 heavy (non-hydrogen) atoms. The third-order valence-corrected chi connectivity index (χ3v) is 5.59. The zero-order chi connectivity index (χ0) is 21.9. The van der Waals surface area contributed by atoms with E-state index in [0.29, 0.717) is 11.2 Å². The predicted molar refractivity (Wildman–Crippen MR) is 128 cm³/mol. The molecule has 2 aromatic heterocycles. The monoisotopic (exact) mass is 417 g/mol. The van der Waals surface area contributed by atoms with Crippen molar-refractivity contribution < 1.29 is 0 Å². The molecule has 0 spiro atoms. The van der Waals surface area contributed by atoms with Crippen LogP contribution in [0.15, 0.2) is 91.0 Å². The summed E-state index contributed by atoms with van der Waals surface area (Å²) in [6.07, 6.45) is 0. The highest BCUT2D eigenvalue weighted by Crippen LogP contribution is 2.27. The number of aryl methyl sites for hydroxylation is 1.